The number of amides is 3. The number of piperazine rings is 1. The van der Waals surface area contributed by atoms with Gasteiger partial charge in [0.25, 0.3) is 0 Å². The molecular formula is C11H23N5O2. The molecule has 0 aromatic heterocycles. The van der Waals surface area contributed by atoms with Crippen molar-refractivity contribution in [2.45, 2.75) is 19.4 Å². The zero-order valence-electron chi connectivity index (χ0n) is 10.9. The summed E-state index contributed by atoms with van der Waals surface area (Å²) in [7, 11) is 0. The lowest BCUT2D eigenvalue weighted by molar-refractivity contribution is -0.125. The predicted molar refractivity (Wildman–Crippen MR) is 68.9 cm³/mol. The highest BCUT2D eigenvalue weighted by Gasteiger charge is 2.25. The first-order chi connectivity index (χ1) is 8.54. The molecule has 0 aromatic rings. The van der Waals surface area contributed by atoms with Crippen LogP contribution in [0.4, 0.5) is 4.79 Å². The third kappa shape index (κ3) is 4.59. The van der Waals surface area contributed by atoms with Crippen LogP contribution in [0, 0.1) is 0 Å². The number of primary amides is 1. The molecule has 1 fully saturated rings. The average molecular weight is 257 g/mol. The van der Waals surface area contributed by atoms with Gasteiger partial charge in [0, 0.05) is 26.2 Å². The summed E-state index contributed by atoms with van der Waals surface area (Å²) in [5.41, 5.74) is 10.4. The standard InChI is InChI=1S/C11H23N5O2/c1-9(10(17)14-11(13)18)16-7-5-15(6-8-16)4-2-3-12/h9H,2-8,12H2,1H3,(H3,13,14,17,18). The van der Waals surface area contributed by atoms with E-state index in [1.54, 1.807) is 6.92 Å². The largest absolute Gasteiger partial charge is 0.351 e. The van der Waals surface area contributed by atoms with Crippen molar-refractivity contribution in [3.05, 3.63) is 0 Å². The molecule has 18 heavy (non-hydrogen) atoms. The molecule has 1 atom stereocenters. The summed E-state index contributed by atoms with van der Waals surface area (Å²) in [6, 6.07) is -1.12. The van der Waals surface area contributed by atoms with E-state index < -0.39 is 6.03 Å². The molecule has 1 saturated heterocycles. The molecule has 1 unspecified atom stereocenters. The summed E-state index contributed by atoms with van der Waals surface area (Å²) in [4.78, 5) is 26.6. The summed E-state index contributed by atoms with van der Waals surface area (Å²) in [6.45, 7) is 6.98. The van der Waals surface area contributed by atoms with Crippen molar-refractivity contribution in [2.75, 3.05) is 39.3 Å². The third-order valence-electron chi connectivity index (χ3n) is 3.26. The average Bonchev–Trinajstić information content (AvgIpc) is 2.35. The molecule has 104 valence electrons. The molecule has 0 radical (unpaired) electrons. The Bertz CT molecular complexity index is 289. The van der Waals surface area contributed by atoms with Crippen LogP contribution in [0.25, 0.3) is 0 Å². The van der Waals surface area contributed by atoms with E-state index >= 15 is 0 Å². The molecule has 1 aliphatic heterocycles. The first-order valence-electron chi connectivity index (χ1n) is 6.31. The zero-order valence-corrected chi connectivity index (χ0v) is 10.9. The summed E-state index contributed by atoms with van der Waals surface area (Å²) in [5.74, 6) is -0.335. The first-order valence-corrected chi connectivity index (χ1v) is 6.31. The molecule has 0 aromatic carbocycles. The van der Waals surface area contributed by atoms with Gasteiger partial charge < -0.3 is 16.4 Å². The first kappa shape index (κ1) is 14.9. The van der Waals surface area contributed by atoms with Gasteiger partial charge in [-0.3, -0.25) is 15.0 Å². The molecule has 1 aliphatic rings. The van der Waals surface area contributed by atoms with E-state index in [0.29, 0.717) is 6.54 Å². The van der Waals surface area contributed by atoms with Crippen molar-refractivity contribution in [1.29, 1.82) is 0 Å². The molecule has 0 bridgehead atoms. The van der Waals surface area contributed by atoms with Crippen LogP contribution >= 0.6 is 0 Å². The number of nitrogens with zero attached hydrogens (tertiary/aromatic N) is 2. The van der Waals surface area contributed by atoms with Gasteiger partial charge in [-0.25, -0.2) is 4.79 Å². The minimum atomic E-state index is -0.798. The van der Waals surface area contributed by atoms with Gasteiger partial charge in [-0.05, 0) is 26.4 Å². The molecule has 1 rings (SSSR count). The quantitative estimate of drug-likeness (QED) is 0.558. The Labute approximate surface area is 107 Å². The zero-order chi connectivity index (χ0) is 13.5. The minimum absolute atomic E-state index is 0.325. The van der Waals surface area contributed by atoms with Gasteiger partial charge in [0.2, 0.25) is 5.91 Å². The van der Waals surface area contributed by atoms with Crippen LogP contribution in [0.3, 0.4) is 0 Å². The Morgan fingerprint density at radius 1 is 1.28 bits per heavy atom. The van der Waals surface area contributed by atoms with E-state index in [0.717, 1.165) is 39.1 Å². The highest BCUT2D eigenvalue weighted by atomic mass is 16.2. The van der Waals surface area contributed by atoms with E-state index in [1.165, 1.54) is 0 Å². The molecule has 7 heteroatoms. The van der Waals surface area contributed by atoms with Gasteiger partial charge in [-0.2, -0.15) is 0 Å². The lowest BCUT2D eigenvalue weighted by atomic mass is 10.2. The normalized spacial score (nSPS) is 19.4. The monoisotopic (exact) mass is 257 g/mol. The molecule has 1 heterocycles. The van der Waals surface area contributed by atoms with Crippen molar-refractivity contribution in [2.24, 2.45) is 11.5 Å². The van der Waals surface area contributed by atoms with Gasteiger partial charge in [-0.1, -0.05) is 0 Å². The number of rotatable bonds is 5. The number of nitrogens with one attached hydrogen (secondary N) is 1. The number of imide groups is 1. The highest BCUT2D eigenvalue weighted by molar-refractivity contribution is 5.96. The molecule has 0 spiro atoms. The number of carbonyl (C=O) groups is 2. The van der Waals surface area contributed by atoms with Crippen molar-refractivity contribution < 1.29 is 9.59 Å². The molecule has 3 amide bonds. The van der Waals surface area contributed by atoms with Gasteiger partial charge in [0.05, 0.1) is 6.04 Å². The van der Waals surface area contributed by atoms with Crippen molar-refractivity contribution in [3.8, 4) is 0 Å². The van der Waals surface area contributed by atoms with Crippen LogP contribution in [-0.2, 0) is 4.79 Å². The number of hydrogen-bond acceptors (Lipinski definition) is 5. The van der Waals surface area contributed by atoms with Crippen molar-refractivity contribution >= 4 is 11.9 Å². The predicted octanol–water partition coefficient (Wildman–Crippen LogP) is -1.46. The number of carbonyl (C=O) groups excluding carboxylic acids is 2. The summed E-state index contributed by atoms with van der Waals surface area (Å²) in [6.07, 6.45) is 0.998. The maximum Gasteiger partial charge on any atom is 0.318 e. The summed E-state index contributed by atoms with van der Waals surface area (Å²) >= 11 is 0. The van der Waals surface area contributed by atoms with Crippen LogP contribution < -0.4 is 16.8 Å². The van der Waals surface area contributed by atoms with Gasteiger partial charge in [0.15, 0.2) is 0 Å². The Kier molecular flexibility index (Phi) is 6.03. The van der Waals surface area contributed by atoms with E-state index in [1.807, 2.05) is 0 Å². The minimum Gasteiger partial charge on any atom is -0.351 e. The second-order valence-corrected chi connectivity index (χ2v) is 4.55. The van der Waals surface area contributed by atoms with E-state index in [9.17, 15) is 9.59 Å². The van der Waals surface area contributed by atoms with Crippen LogP contribution in [-0.4, -0.2) is 67.0 Å². The van der Waals surface area contributed by atoms with Crippen LogP contribution in [0.2, 0.25) is 0 Å². The fourth-order valence-corrected chi connectivity index (χ4v) is 2.08. The molecule has 7 nitrogen and oxygen atoms in total. The molecular weight excluding hydrogens is 234 g/mol. The second kappa shape index (κ2) is 7.30. The highest BCUT2D eigenvalue weighted by Crippen LogP contribution is 2.06. The van der Waals surface area contributed by atoms with E-state index in [-0.39, 0.29) is 11.9 Å². The van der Waals surface area contributed by atoms with Crippen molar-refractivity contribution in [1.82, 2.24) is 15.1 Å². The van der Waals surface area contributed by atoms with E-state index in [2.05, 4.69) is 15.1 Å². The maximum absolute atomic E-state index is 11.6. The van der Waals surface area contributed by atoms with Gasteiger partial charge >= 0.3 is 6.03 Å². The Morgan fingerprint density at radius 2 is 1.89 bits per heavy atom. The SMILES string of the molecule is CC(C(=O)NC(N)=O)N1CCN(CCCN)CC1. The lowest BCUT2D eigenvalue weighted by Gasteiger charge is -2.37. The van der Waals surface area contributed by atoms with Crippen LogP contribution in [0.15, 0.2) is 0 Å². The van der Waals surface area contributed by atoms with Gasteiger partial charge in [-0.15, -0.1) is 0 Å². The topological polar surface area (TPSA) is 105 Å². The Hall–Kier alpha value is -1.18. The maximum atomic E-state index is 11.6. The third-order valence-corrected chi connectivity index (χ3v) is 3.26. The molecule has 0 aliphatic carbocycles. The smallest absolute Gasteiger partial charge is 0.318 e. The fourth-order valence-electron chi connectivity index (χ4n) is 2.08. The van der Waals surface area contributed by atoms with Crippen LogP contribution in [0.1, 0.15) is 13.3 Å². The summed E-state index contributed by atoms with van der Waals surface area (Å²) < 4.78 is 0. The van der Waals surface area contributed by atoms with Gasteiger partial charge in [0.1, 0.15) is 0 Å². The van der Waals surface area contributed by atoms with Crippen molar-refractivity contribution in [3.63, 3.8) is 0 Å². The Morgan fingerprint density at radius 3 is 2.39 bits per heavy atom. The fraction of sp³-hybridized carbons (Fsp3) is 0.818. The summed E-state index contributed by atoms with van der Waals surface area (Å²) in [5, 5.41) is 2.11. The number of nitrogens with two attached hydrogens (primary N) is 2. The number of hydrogen-bond donors (Lipinski definition) is 3. The van der Waals surface area contributed by atoms with E-state index in [4.69, 9.17) is 11.5 Å². The van der Waals surface area contributed by atoms with Crippen LogP contribution in [0.5, 0.6) is 0 Å². The number of urea groups is 1. The molecule has 5 N–H and O–H groups in total. The lowest BCUT2D eigenvalue weighted by Crippen LogP contribution is -2.55. The molecule has 0 saturated carbocycles. The second-order valence-electron chi connectivity index (χ2n) is 4.55. The Balaban J connectivity index is 2.33.